The highest BCUT2D eigenvalue weighted by Gasteiger charge is 2.38. The van der Waals surface area contributed by atoms with Gasteiger partial charge in [0.25, 0.3) is 0 Å². The highest BCUT2D eigenvalue weighted by Crippen LogP contribution is 2.62. The third-order valence-electron chi connectivity index (χ3n) is 6.25. The lowest BCUT2D eigenvalue weighted by Crippen LogP contribution is -2.43. The molecular formula is C23H37N3O2S. The molecule has 1 aromatic carbocycles. The van der Waals surface area contributed by atoms with E-state index in [2.05, 4.69) is 80.1 Å². The zero-order valence-electron chi connectivity index (χ0n) is 19.0. The normalized spacial score (nSPS) is 16.3. The molecule has 0 atom stereocenters. The predicted octanol–water partition coefficient (Wildman–Crippen LogP) is 4.63. The largest absolute Gasteiger partial charge is 0.465 e. The number of esters is 1. The molecule has 1 aromatic heterocycles. The number of piperazine rings is 1. The number of nitrogens with zero attached hydrogens (tertiary/aromatic N) is 2. The Morgan fingerprint density at radius 2 is 1.62 bits per heavy atom. The van der Waals surface area contributed by atoms with Gasteiger partial charge in [0.15, 0.2) is 0 Å². The minimum Gasteiger partial charge on any atom is -0.465 e. The predicted molar refractivity (Wildman–Crippen MR) is 127 cm³/mol. The van der Waals surface area contributed by atoms with Crippen LogP contribution < -0.4 is 10.2 Å². The maximum Gasteiger partial charge on any atom is 0.340 e. The fourth-order valence-corrected chi connectivity index (χ4v) is 10.6. The highest BCUT2D eigenvalue weighted by molar-refractivity contribution is 8.33. The summed E-state index contributed by atoms with van der Waals surface area (Å²) in [7, 11) is 0.224. The van der Waals surface area contributed by atoms with Gasteiger partial charge >= 0.3 is 5.97 Å². The second-order valence-corrected chi connectivity index (χ2v) is 13.3. The van der Waals surface area contributed by atoms with Crippen molar-refractivity contribution >= 4 is 32.8 Å². The number of anilines is 1. The van der Waals surface area contributed by atoms with Crippen LogP contribution in [-0.2, 0) is 4.74 Å². The molecule has 1 saturated heterocycles. The van der Waals surface area contributed by atoms with E-state index in [1.165, 1.54) is 12.8 Å². The maximum atomic E-state index is 12.6. The first-order valence-electron chi connectivity index (χ1n) is 10.7. The van der Waals surface area contributed by atoms with E-state index in [0.29, 0.717) is 21.3 Å². The Balaban J connectivity index is 2.29. The first-order valence-corrected chi connectivity index (χ1v) is 12.5. The lowest BCUT2D eigenvalue weighted by Gasteiger charge is -2.52. The molecule has 0 aliphatic carbocycles. The van der Waals surface area contributed by atoms with Gasteiger partial charge in [0.1, 0.15) is 0 Å². The molecule has 1 aliphatic heterocycles. The average molecular weight is 420 g/mol. The van der Waals surface area contributed by atoms with Crippen molar-refractivity contribution in [1.82, 2.24) is 9.29 Å². The molecule has 1 N–H and O–H groups in total. The molecule has 6 heteroatoms. The summed E-state index contributed by atoms with van der Waals surface area (Å²) in [6.45, 7) is 18.0. The van der Waals surface area contributed by atoms with E-state index >= 15 is 0 Å². The van der Waals surface area contributed by atoms with Crippen molar-refractivity contribution in [1.29, 1.82) is 0 Å². The number of fused-ring (bicyclic) bond motifs is 1. The van der Waals surface area contributed by atoms with Crippen LogP contribution >= 0.6 is 10.2 Å². The highest BCUT2D eigenvalue weighted by atomic mass is 32.3. The summed E-state index contributed by atoms with van der Waals surface area (Å²) in [5.41, 5.74) is 3.07. The Labute approximate surface area is 177 Å². The number of carbonyl (C=O) groups excluding carboxylic acids is 1. The Bertz CT molecular complexity index is 845. The number of methoxy groups -OCH3 is 1. The molecule has 0 saturated carbocycles. The Kier molecular flexibility index (Phi) is 6.54. The fraction of sp³-hybridized carbons (Fsp3) is 0.609. The van der Waals surface area contributed by atoms with Crippen molar-refractivity contribution in [3.05, 3.63) is 30.0 Å². The van der Waals surface area contributed by atoms with Gasteiger partial charge in [0.05, 0.1) is 18.2 Å². The maximum absolute atomic E-state index is 12.6. The summed E-state index contributed by atoms with van der Waals surface area (Å²) in [6.07, 6.45) is 2.08. The molecule has 162 valence electrons. The van der Waals surface area contributed by atoms with E-state index in [4.69, 9.17) is 4.74 Å². The number of nitrogens with one attached hydrogen (secondary N) is 1. The number of hydrogen-bond acceptors (Lipinski definition) is 4. The van der Waals surface area contributed by atoms with Crippen LogP contribution in [0.4, 0.5) is 5.69 Å². The number of benzene rings is 1. The van der Waals surface area contributed by atoms with Crippen LogP contribution in [0.1, 0.15) is 51.9 Å². The van der Waals surface area contributed by atoms with Crippen molar-refractivity contribution in [2.75, 3.05) is 38.2 Å². The molecule has 0 unspecified atom stereocenters. The van der Waals surface area contributed by atoms with Crippen LogP contribution in [0.5, 0.6) is 0 Å². The molecule has 1 fully saturated rings. The van der Waals surface area contributed by atoms with Crippen molar-refractivity contribution in [3.63, 3.8) is 0 Å². The number of hydrogen-bond donors (Lipinski definition) is 1. The molecule has 5 nitrogen and oxygen atoms in total. The number of rotatable bonds is 6. The van der Waals surface area contributed by atoms with Gasteiger partial charge in [-0.3, -0.25) is 0 Å². The minimum atomic E-state index is -1.24. The van der Waals surface area contributed by atoms with Gasteiger partial charge in [-0.15, -0.1) is 0 Å². The molecule has 1 aliphatic rings. The monoisotopic (exact) mass is 419 g/mol. The number of ether oxygens (including phenoxy) is 1. The molecule has 0 bridgehead atoms. The van der Waals surface area contributed by atoms with Gasteiger partial charge < -0.3 is 18.9 Å². The van der Waals surface area contributed by atoms with E-state index < -0.39 is 10.2 Å². The zero-order valence-corrected chi connectivity index (χ0v) is 19.8. The summed E-state index contributed by atoms with van der Waals surface area (Å²) in [5, 5.41) is 5.90. The lowest BCUT2D eigenvalue weighted by atomic mass is 10.1. The quantitative estimate of drug-likeness (QED) is 0.694. The van der Waals surface area contributed by atoms with Crippen LogP contribution in [0, 0.1) is 0 Å². The summed E-state index contributed by atoms with van der Waals surface area (Å²) >= 11 is 0. The van der Waals surface area contributed by atoms with Crippen LogP contribution in [0.3, 0.4) is 0 Å². The molecule has 3 rings (SSSR count). The second-order valence-electron chi connectivity index (χ2n) is 8.67. The van der Waals surface area contributed by atoms with E-state index in [-0.39, 0.29) is 5.97 Å². The van der Waals surface area contributed by atoms with E-state index in [1.807, 2.05) is 0 Å². The fourth-order valence-electron chi connectivity index (χ4n) is 5.15. The van der Waals surface area contributed by atoms with Crippen molar-refractivity contribution in [2.24, 2.45) is 0 Å². The minimum absolute atomic E-state index is 0.256. The molecular weight excluding hydrogens is 382 g/mol. The second kappa shape index (κ2) is 8.60. The van der Waals surface area contributed by atoms with Gasteiger partial charge in [0, 0.05) is 59.2 Å². The van der Waals surface area contributed by atoms with Gasteiger partial charge in [-0.25, -0.2) is 4.79 Å². The zero-order chi connectivity index (χ0) is 21.3. The molecule has 2 heterocycles. The standard InChI is InChI=1S/C23H37N3O2S/c1-16(2)29(17(3)4,18(5)6)26-15-21(23(27)28-7)20-9-8-19(14-22(20)26)25-12-10-24-11-13-25/h8-9,14-18,24H,10-13H2,1-7H3. The lowest BCUT2D eigenvalue weighted by molar-refractivity contribution is 0.0603. The van der Waals surface area contributed by atoms with Gasteiger partial charge in [-0.2, -0.15) is 10.2 Å². The third-order valence-corrected chi connectivity index (χ3v) is 11.8. The Morgan fingerprint density at radius 1 is 1.03 bits per heavy atom. The molecule has 0 amide bonds. The number of carbonyl (C=O) groups is 1. The first-order chi connectivity index (χ1) is 13.7. The summed E-state index contributed by atoms with van der Waals surface area (Å²) in [4.78, 5) is 15.1. The van der Waals surface area contributed by atoms with E-state index in [0.717, 1.165) is 37.1 Å². The van der Waals surface area contributed by atoms with E-state index in [9.17, 15) is 4.79 Å². The van der Waals surface area contributed by atoms with Crippen LogP contribution in [0.25, 0.3) is 10.9 Å². The summed E-state index contributed by atoms with van der Waals surface area (Å²) in [5.74, 6) is -0.256. The summed E-state index contributed by atoms with van der Waals surface area (Å²) in [6, 6.07) is 6.56. The SMILES string of the molecule is COC(=O)c1cn(S(C(C)C)(C(C)C)C(C)C)c2cc(N3CCNCC3)ccc12. The molecule has 2 aromatic rings. The number of aromatic nitrogens is 1. The topological polar surface area (TPSA) is 46.5 Å². The van der Waals surface area contributed by atoms with Crippen LogP contribution in [0.15, 0.2) is 24.4 Å². The summed E-state index contributed by atoms with van der Waals surface area (Å²) < 4.78 is 7.61. The van der Waals surface area contributed by atoms with Crippen molar-refractivity contribution in [2.45, 2.75) is 57.3 Å². The average Bonchev–Trinajstić information content (AvgIpc) is 3.06. The van der Waals surface area contributed by atoms with Crippen molar-refractivity contribution < 1.29 is 9.53 Å². The molecule has 0 radical (unpaired) electrons. The van der Waals surface area contributed by atoms with Gasteiger partial charge in [0.2, 0.25) is 0 Å². The Hall–Kier alpha value is -1.66. The van der Waals surface area contributed by atoms with Gasteiger partial charge in [-0.1, -0.05) is 41.5 Å². The van der Waals surface area contributed by atoms with Gasteiger partial charge in [-0.05, 0) is 18.2 Å². The van der Waals surface area contributed by atoms with Crippen LogP contribution in [-0.4, -0.2) is 59.0 Å². The third kappa shape index (κ3) is 3.66. The smallest absolute Gasteiger partial charge is 0.340 e. The van der Waals surface area contributed by atoms with Crippen LogP contribution in [0.2, 0.25) is 0 Å². The van der Waals surface area contributed by atoms with Crippen molar-refractivity contribution in [3.8, 4) is 0 Å². The molecule has 29 heavy (non-hydrogen) atoms. The van der Waals surface area contributed by atoms with E-state index in [1.54, 1.807) is 0 Å². The molecule has 0 spiro atoms. The Morgan fingerprint density at radius 3 is 2.14 bits per heavy atom. The first kappa shape index (κ1) is 22.0.